The van der Waals surface area contributed by atoms with Gasteiger partial charge < -0.3 is 24.6 Å². The molecule has 2 aromatic rings. The van der Waals surface area contributed by atoms with Crippen LogP contribution in [-0.4, -0.2) is 57.1 Å². The molecule has 1 fully saturated rings. The Kier molecular flexibility index (Phi) is 6.49. The van der Waals surface area contributed by atoms with Gasteiger partial charge in [-0.1, -0.05) is 11.6 Å². The maximum atomic E-state index is 12.6. The van der Waals surface area contributed by atoms with Crippen molar-refractivity contribution in [2.75, 3.05) is 50.6 Å². The van der Waals surface area contributed by atoms with Crippen LogP contribution in [0.2, 0.25) is 5.02 Å². The summed E-state index contributed by atoms with van der Waals surface area (Å²) < 4.78 is 10.4. The first-order valence-electron chi connectivity index (χ1n) is 9.25. The molecular weight excluding hydrogens is 394 g/mol. The average Bonchev–Trinajstić information content (AvgIpc) is 2.73. The van der Waals surface area contributed by atoms with Gasteiger partial charge in [0.15, 0.2) is 0 Å². The van der Waals surface area contributed by atoms with E-state index in [-0.39, 0.29) is 11.8 Å². The number of hydrogen-bond acceptors (Lipinski definition) is 5. The molecule has 1 aliphatic rings. The highest BCUT2D eigenvalue weighted by Crippen LogP contribution is 2.30. The summed E-state index contributed by atoms with van der Waals surface area (Å²) in [5, 5.41) is 3.39. The molecule has 1 N–H and O–H groups in total. The summed E-state index contributed by atoms with van der Waals surface area (Å²) in [5.74, 6) is 0.865. The first-order valence-corrected chi connectivity index (χ1v) is 9.63. The zero-order valence-corrected chi connectivity index (χ0v) is 17.5. The van der Waals surface area contributed by atoms with Crippen LogP contribution in [0.3, 0.4) is 0 Å². The maximum absolute atomic E-state index is 12.6. The van der Waals surface area contributed by atoms with Crippen LogP contribution in [0.5, 0.6) is 11.5 Å². The van der Waals surface area contributed by atoms with E-state index in [0.29, 0.717) is 54.0 Å². The number of benzene rings is 2. The minimum atomic E-state index is -0.291. The molecule has 0 bridgehead atoms. The van der Waals surface area contributed by atoms with Gasteiger partial charge in [0, 0.05) is 50.4 Å². The zero-order valence-electron chi connectivity index (χ0n) is 16.7. The largest absolute Gasteiger partial charge is 0.497 e. The molecule has 0 radical (unpaired) electrons. The summed E-state index contributed by atoms with van der Waals surface area (Å²) >= 11 is 6.47. The normalized spacial score (nSPS) is 13.8. The van der Waals surface area contributed by atoms with Crippen LogP contribution in [0.25, 0.3) is 0 Å². The average molecular weight is 418 g/mol. The lowest BCUT2D eigenvalue weighted by atomic mass is 10.1. The Hall–Kier alpha value is -2.93. The van der Waals surface area contributed by atoms with Crippen molar-refractivity contribution in [2.45, 2.75) is 6.92 Å². The molecule has 1 aliphatic heterocycles. The maximum Gasteiger partial charge on any atom is 0.255 e. The molecule has 154 valence electrons. The van der Waals surface area contributed by atoms with Crippen molar-refractivity contribution in [3.05, 3.63) is 47.0 Å². The summed E-state index contributed by atoms with van der Waals surface area (Å²) in [5.41, 5.74) is 1.89. The zero-order chi connectivity index (χ0) is 21.0. The van der Waals surface area contributed by atoms with Gasteiger partial charge in [0.25, 0.3) is 5.91 Å². The predicted molar refractivity (Wildman–Crippen MR) is 113 cm³/mol. The van der Waals surface area contributed by atoms with Gasteiger partial charge in [-0.3, -0.25) is 9.59 Å². The third kappa shape index (κ3) is 4.92. The van der Waals surface area contributed by atoms with Crippen LogP contribution >= 0.6 is 11.6 Å². The fourth-order valence-electron chi connectivity index (χ4n) is 3.25. The molecule has 1 heterocycles. The summed E-state index contributed by atoms with van der Waals surface area (Å²) in [6, 6.07) is 10.4. The second-order valence-corrected chi connectivity index (χ2v) is 7.12. The molecule has 29 heavy (non-hydrogen) atoms. The minimum Gasteiger partial charge on any atom is -0.497 e. The first kappa shape index (κ1) is 20.8. The molecule has 8 heteroatoms. The van der Waals surface area contributed by atoms with Gasteiger partial charge >= 0.3 is 0 Å². The molecule has 0 atom stereocenters. The lowest BCUT2D eigenvalue weighted by Crippen LogP contribution is -2.48. The molecule has 1 saturated heterocycles. The van der Waals surface area contributed by atoms with Crippen molar-refractivity contribution in [1.29, 1.82) is 0 Å². The van der Waals surface area contributed by atoms with E-state index < -0.39 is 0 Å². The van der Waals surface area contributed by atoms with E-state index in [1.165, 1.54) is 14.2 Å². The second-order valence-electron chi connectivity index (χ2n) is 6.71. The lowest BCUT2D eigenvalue weighted by Gasteiger charge is -2.36. The molecule has 3 rings (SSSR count). The Bertz CT molecular complexity index is 889. The Labute approximate surface area is 175 Å². The Morgan fingerprint density at radius 1 is 0.966 bits per heavy atom. The van der Waals surface area contributed by atoms with Crippen LogP contribution in [0, 0.1) is 0 Å². The van der Waals surface area contributed by atoms with Gasteiger partial charge in [-0.05, 0) is 30.3 Å². The molecule has 2 aromatic carbocycles. The number of ether oxygens (including phenoxy) is 2. The van der Waals surface area contributed by atoms with Gasteiger partial charge in [0.1, 0.15) is 11.5 Å². The molecule has 0 aromatic heterocycles. The quantitative estimate of drug-likeness (QED) is 0.808. The number of methoxy groups -OCH3 is 2. The van der Waals surface area contributed by atoms with E-state index in [2.05, 4.69) is 10.2 Å². The first-order chi connectivity index (χ1) is 13.9. The number of anilines is 2. The monoisotopic (exact) mass is 417 g/mol. The van der Waals surface area contributed by atoms with Crippen molar-refractivity contribution in [1.82, 2.24) is 4.90 Å². The van der Waals surface area contributed by atoms with Crippen molar-refractivity contribution >= 4 is 34.8 Å². The lowest BCUT2D eigenvalue weighted by molar-refractivity contribution is -0.129. The van der Waals surface area contributed by atoms with Crippen LogP contribution < -0.4 is 19.7 Å². The molecule has 0 saturated carbocycles. The van der Waals surface area contributed by atoms with Gasteiger partial charge in [-0.25, -0.2) is 0 Å². The number of carbonyl (C=O) groups is 2. The Balaban J connectivity index is 1.71. The number of carbonyl (C=O) groups excluding carboxylic acids is 2. The second kappa shape index (κ2) is 9.05. The van der Waals surface area contributed by atoms with E-state index in [1.54, 1.807) is 31.2 Å². The van der Waals surface area contributed by atoms with Crippen molar-refractivity contribution < 1.29 is 19.1 Å². The van der Waals surface area contributed by atoms with Crippen LogP contribution in [0.15, 0.2) is 36.4 Å². The SMILES string of the molecule is COc1cc(OC)cc(C(=O)Nc2ccc(N3CCN(C(C)=O)CC3)c(Cl)c2)c1. The predicted octanol–water partition coefficient (Wildman–Crippen LogP) is 3.28. The molecule has 2 amide bonds. The summed E-state index contributed by atoms with van der Waals surface area (Å²) in [6.07, 6.45) is 0. The number of halogens is 1. The molecule has 0 spiro atoms. The van der Waals surface area contributed by atoms with Gasteiger partial charge in [0.2, 0.25) is 5.91 Å². The number of rotatable bonds is 5. The third-order valence-corrected chi connectivity index (χ3v) is 5.19. The van der Waals surface area contributed by atoms with E-state index in [0.717, 1.165) is 5.69 Å². The molecule has 0 aliphatic carbocycles. The molecule has 7 nitrogen and oxygen atoms in total. The number of piperazine rings is 1. The van der Waals surface area contributed by atoms with Crippen molar-refractivity contribution in [3.63, 3.8) is 0 Å². The highest BCUT2D eigenvalue weighted by molar-refractivity contribution is 6.33. The minimum absolute atomic E-state index is 0.0861. The van der Waals surface area contributed by atoms with E-state index in [9.17, 15) is 9.59 Å². The Morgan fingerprint density at radius 2 is 1.59 bits per heavy atom. The van der Waals surface area contributed by atoms with Crippen molar-refractivity contribution in [3.8, 4) is 11.5 Å². The van der Waals surface area contributed by atoms with Gasteiger partial charge in [0.05, 0.1) is 24.9 Å². The Morgan fingerprint density at radius 3 is 2.10 bits per heavy atom. The topological polar surface area (TPSA) is 71.1 Å². The van der Waals surface area contributed by atoms with Crippen LogP contribution in [0.1, 0.15) is 17.3 Å². The standard InChI is InChI=1S/C21H24ClN3O4/c1-14(26)24-6-8-25(9-7-24)20-5-4-16(12-19(20)22)23-21(27)15-10-17(28-2)13-18(11-15)29-3/h4-5,10-13H,6-9H2,1-3H3,(H,23,27). The van der Waals surface area contributed by atoms with Gasteiger partial charge in [-0.15, -0.1) is 0 Å². The van der Waals surface area contributed by atoms with E-state index >= 15 is 0 Å². The number of nitrogens with one attached hydrogen (secondary N) is 1. The van der Waals surface area contributed by atoms with Crippen LogP contribution in [-0.2, 0) is 4.79 Å². The highest BCUT2D eigenvalue weighted by atomic mass is 35.5. The summed E-state index contributed by atoms with van der Waals surface area (Å²) in [6.45, 7) is 4.35. The van der Waals surface area contributed by atoms with E-state index in [4.69, 9.17) is 21.1 Å². The molecular formula is C21H24ClN3O4. The molecule has 0 unspecified atom stereocenters. The fraction of sp³-hybridized carbons (Fsp3) is 0.333. The highest BCUT2D eigenvalue weighted by Gasteiger charge is 2.20. The van der Waals surface area contributed by atoms with Crippen molar-refractivity contribution in [2.24, 2.45) is 0 Å². The fourth-order valence-corrected chi connectivity index (χ4v) is 3.55. The summed E-state index contributed by atoms with van der Waals surface area (Å²) in [7, 11) is 3.07. The number of nitrogens with zero attached hydrogens (tertiary/aromatic N) is 2. The summed E-state index contributed by atoms with van der Waals surface area (Å²) in [4.78, 5) is 28.1. The van der Waals surface area contributed by atoms with Gasteiger partial charge in [-0.2, -0.15) is 0 Å². The van der Waals surface area contributed by atoms with E-state index in [1.807, 2.05) is 17.0 Å². The third-order valence-electron chi connectivity index (χ3n) is 4.88. The number of amides is 2. The number of hydrogen-bond donors (Lipinski definition) is 1. The smallest absolute Gasteiger partial charge is 0.255 e. The van der Waals surface area contributed by atoms with Crippen LogP contribution in [0.4, 0.5) is 11.4 Å².